The van der Waals surface area contributed by atoms with E-state index in [-0.39, 0.29) is 17.5 Å². The van der Waals surface area contributed by atoms with Crippen LogP contribution < -0.4 is 30.3 Å². The van der Waals surface area contributed by atoms with Gasteiger partial charge in [-0.1, -0.05) is 29.3 Å². The first-order valence-electron chi connectivity index (χ1n) is 12.4. The molecule has 0 aliphatic carbocycles. The number of benzene rings is 3. The van der Waals surface area contributed by atoms with Gasteiger partial charge in [0, 0.05) is 46.3 Å². The first-order chi connectivity index (χ1) is 19.4. The van der Waals surface area contributed by atoms with Crippen molar-refractivity contribution in [2.24, 2.45) is 0 Å². The number of amides is 2. The maximum absolute atomic E-state index is 12.8. The van der Waals surface area contributed by atoms with Crippen molar-refractivity contribution in [2.75, 3.05) is 54.3 Å². The van der Waals surface area contributed by atoms with Crippen molar-refractivity contribution in [2.45, 2.75) is 0 Å². The van der Waals surface area contributed by atoms with Gasteiger partial charge in [0.2, 0.25) is 11.8 Å². The molecule has 0 bridgehead atoms. The minimum absolute atomic E-state index is 0.120. The highest BCUT2D eigenvalue weighted by atomic mass is 35.5. The summed E-state index contributed by atoms with van der Waals surface area (Å²) in [6.45, 7) is 3.14. The van der Waals surface area contributed by atoms with E-state index in [0.29, 0.717) is 27.2 Å². The molecule has 10 nitrogen and oxygen atoms in total. The number of hydrogen-bond donors (Lipinski definition) is 3. The standard InChI is InChI=1S/C28H26Cl2N6O4/c1-38-23-3-2-4-24(16-23)40-26-25(34-28(37)33-21-14-18(29)13-19(30)15-21)17-31-27(35-26)32-20-5-7-22(8-6-20)36-9-11-39-12-10-36/h2-8,13-17H,9-12H2,1H3,(H,31,32,35)(H2,33,34,37). The Labute approximate surface area is 241 Å². The lowest BCUT2D eigenvalue weighted by molar-refractivity contribution is 0.122. The van der Waals surface area contributed by atoms with Crippen molar-refractivity contribution in [1.29, 1.82) is 0 Å². The predicted molar refractivity (Wildman–Crippen MR) is 157 cm³/mol. The molecule has 4 aromatic rings. The van der Waals surface area contributed by atoms with Crippen LogP contribution in [0.25, 0.3) is 0 Å². The Morgan fingerprint density at radius 3 is 2.38 bits per heavy atom. The van der Waals surface area contributed by atoms with Crippen molar-refractivity contribution >= 4 is 57.9 Å². The molecule has 0 saturated carbocycles. The first-order valence-corrected chi connectivity index (χ1v) is 13.1. The minimum atomic E-state index is -0.558. The number of morpholine rings is 1. The van der Waals surface area contributed by atoms with Crippen molar-refractivity contribution in [3.8, 4) is 17.4 Å². The fraction of sp³-hybridized carbons (Fsp3) is 0.179. The SMILES string of the molecule is COc1cccc(Oc2nc(Nc3ccc(N4CCOCC4)cc3)ncc2NC(=O)Nc2cc(Cl)cc(Cl)c2)c1. The molecule has 5 rings (SSSR count). The highest BCUT2D eigenvalue weighted by molar-refractivity contribution is 6.35. The van der Waals surface area contributed by atoms with Crippen LogP contribution in [0.3, 0.4) is 0 Å². The van der Waals surface area contributed by atoms with Crippen LogP contribution in [0, 0.1) is 0 Å². The summed E-state index contributed by atoms with van der Waals surface area (Å²) < 4.78 is 16.8. The topological polar surface area (TPSA) is 110 Å². The van der Waals surface area contributed by atoms with Crippen LogP contribution in [-0.2, 0) is 4.74 Å². The van der Waals surface area contributed by atoms with Crippen molar-refractivity contribution in [1.82, 2.24) is 9.97 Å². The Morgan fingerprint density at radius 1 is 0.925 bits per heavy atom. The third-order valence-electron chi connectivity index (χ3n) is 5.88. The summed E-state index contributed by atoms with van der Waals surface area (Å²) in [6, 6.07) is 19.2. The number of halogens is 2. The number of ether oxygens (including phenoxy) is 3. The molecule has 3 aromatic carbocycles. The van der Waals surface area contributed by atoms with Crippen molar-refractivity contribution < 1.29 is 19.0 Å². The number of nitrogens with one attached hydrogen (secondary N) is 3. The summed E-state index contributed by atoms with van der Waals surface area (Å²) in [5.41, 5.74) is 2.57. The minimum Gasteiger partial charge on any atom is -0.497 e. The van der Waals surface area contributed by atoms with E-state index in [0.717, 1.165) is 37.7 Å². The maximum atomic E-state index is 12.8. The van der Waals surface area contributed by atoms with E-state index in [1.165, 1.54) is 6.20 Å². The molecule has 0 radical (unpaired) electrons. The largest absolute Gasteiger partial charge is 0.497 e. The number of aromatic nitrogens is 2. The van der Waals surface area contributed by atoms with E-state index >= 15 is 0 Å². The third kappa shape index (κ3) is 7.23. The van der Waals surface area contributed by atoms with E-state index in [1.54, 1.807) is 49.6 Å². The van der Waals surface area contributed by atoms with Gasteiger partial charge in [0.25, 0.3) is 0 Å². The second-order valence-electron chi connectivity index (χ2n) is 8.70. The lowest BCUT2D eigenvalue weighted by Gasteiger charge is -2.28. The van der Waals surface area contributed by atoms with Crippen LogP contribution in [0.1, 0.15) is 0 Å². The molecule has 2 heterocycles. The quantitative estimate of drug-likeness (QED) is 0.208. The summed E-state index contributed by atoms with van der Waals surface area (Å²) in [7, 11) is 1.57. The summed E-state index contributed by atoms with van der Waals surface area (Å²) in [5, 5.41) is 9.38. The number of nitrogens with zero attached hydrogens (tertiary/aromatic N) is 3. The Hall–Kier alpha value is -4.25. The summed E-state index contributed by atoms with van der Waals surface area (Å²) in [5.74, 6) is 1.47. The fourth-order valence-electron chi connectivity index (χ4n) is 3.98. The molecule has 40 heavy (non-hydrogen) atoms. The molecule has 1 saturated heterocycles. The third-order valence-corrected chi connectivity index (χ3v) is 6.31. The van der Waals surface area contributed by atoms with E-state index in [2.05, 4.69) is 30.8 Å². The molecule has 0 atom stereocenters. The Morgan fingerprint density at radius 2 is 1.65 bits per heavy atom. The van der Waals surface area contributed by atoms with Gasteiger partial charge in [-0.2, -0.15) is 4.98 Å². The lowest BCUT2D eigenvalue weighted by atomic mass is 10.2. The molecule has 206 valence electrons. The Kier molecular flexibility index (Phi) is 8.70. The zero-order valence-corrected chi connectivity index (χ0v) is 23.0. The second kappa shape index (κ2) is 12.7. The Balaban J connectivity index is 1.36. The van der Waals surface area contributed by atoms with E-state index in [9.17, 15) is 4.79 Å². The molecule has 1 aliphatic heterocycles. The zero-order valence-electron chi connectivity index (χ0n) is 21.5. The number of urea groups is 1. The normalized spacial score (nSPS) is 12.9. The predicted octanol–water partition coefficient (Wildman–Crippen LogP) is 6.81. The molecule has 3 N–H and O–H groups in total. The van der Waals surface area contributed by atoms with Crippen LogP contribution in [0.4, 0.5) is 33.5 Å². The number of carbonyl (C=O) groups excluding carboxylic acids is 1. The summed E-state index contributed by atoms with van der Waals surface area (Å²) in [4.78, 5) is 23.9. The molecule has 0 spiro atoms. The molecule has 2 amide bonds. The number of hydrogen-bond acceptors (Lipinski definition) is 8. The molecule has 12 heteroatoms. The monoisotopic (exact) mass is 580 g/mol. The van der Waals surface area contributed by atoms with Gasteiger partial charge in [-0.05, 0) is 54.6 Å². The van der Waals surface area contributed by atoms with E-state index in [1.807, 2.05) is 24.3 Å². The maximum Gasteiger partial charge on any atom is 0.323 e. The summed E-state index contributed by atoms with van der Waals surface area (Å²) in [6.07, 6.45) is 1.46. The molecule has 0 unspecified atom stereocenters. The van der Waals surface area contributed by atoms with Gasteiger partial charge in [0.05, 0.1) is 26.5 Å². The lowest BCUT2D eigenvalue weighted by Crippen LogP contribution is -2.36. The van der Waals surface area contributed by atoms with Gasteiger partial charge in [0.15, 0.2) is 0 Å². The van der Waals surface area contributed by atoms with E-state index < -0.39 is 6.03 Å². The number of rotatable bonds is 8. The molecular formula is C28H26Cl2N6O4. The number of anilines is 5. The fourth-order valence-corrected chi connectivity index (χ4v) is 4.51. The average Bonchev–Trinajstić information content (AvgIpc) is 2.95. The highest BCUT2D eigenvalue weighted by Crippen LogP contribution is 2.31. The van der Waals surface area contributed by atoms with Gasteiger partial charge in [-0.25, -0.2) is 9.78 Å². The zero-order chi connectivity index (χ0) is 27.9. The van der Waals surface area contributed by atoms with Crippen LogP contribution in [0.15, 0.2) is 72.9 Å². The highest BCUT2D eigenvalue weighted by Gasteiger charge is 2.15. The molecule has 1 fully saturated rings. The molecule has 1 aromatic heterocycles. The van der Waals surface area contributed by atoms with Gasteiger partial charge < -0.3 is 35.1 Å². The second-order valence-corrected chi connectivity index (χ2v) is 9.57. The number of carbonyl (C=O) groups is 1. The Bertz CT molecular complexity index is 1460. The van der Waals surface area contributed by atoms with Crippen LogP contribution >= 0.6 is 23.2 Å². The molecule has 1 aliphatic rings. The van der Waals surface area contributed by atoms with E-state index in [4.69, 9.17) is 37.4 Å². The van der Waals surface area contributed by atoms with Crippen LogP contribution in [0.5, 0.6) is 17.4 Å². The van der Waals surface area contributed by atoms with Crippen LogP contribution in [0.2, 0.25) is 10.0 Å². The van der Waals surface area contributed by atoms with Gasteiger partial charge in [-0.15, -0.1) is 0 Å². The number of methoxy groups -OCH3 is 1. The van der Waals surface area contributed by atoms with Crippen LogP contribution in [-0.4, -0.2) is 49.4 Å². The van der Waals surface area contributed by atoms with Gasteiger partial charge >= 0.3 is 6.03 Å². The average molecular weight is 581 g/mol. The first kappa shape index (κ1) is 27.3. The molecular weight excluding hydrogens is 555 g/mol. The van der Waals surface area contributed by atoms with Crippen molar-refractivity contribution in [3.05, 3.63) is 83.0 Å². The van der Waals surface area contributed by atoms with Gasteiger partial charge in [0.1, 0.15) is 17.2 Å². The van der Waals surface area contributed by atoms with Gasteiger partial charge in [-0.3, -0.25) is 0 Å². The summed E-state index contributed by atoms with van der Waals surface area (Å²) >= 11 is 12.1. The van der Waals surface area contributed by atoms with Crippen molar-refractivity contribution in [3.63, 3.8) is 0 Å². The smallest absolute Gasteiger partial charge is 0.323 e.